The maximum atomic E-state index is 11.6. The third-order valence-electron chi connectivity index (χ3n) is 4.21. The van der Waals surface area contributed by atoms with Gasteiger partial charge in [-0.15, -0.1) is 0 Å². The molecule has 1 fully saturated rings. The molecule has 1 aromatic carbocycles. The normalized spacial score (nSPS) is 15.6. The molecule has 0 radical (unpaired) electrons. The molecule has 2 heterocycles. The molecule has 1 atom stereocenters. The van der Waals surface area contributed by atoms with Crippen molar-refractivity contribution in [2.75, 3.05) is 30.9 Å². The number of imide groups is 1. The maximum Gasteiger partial charge on any atom is 0.286 e. The van der Waals surface area contributed by atoms with Crippen molar-refractivity contribution < 1.29 is 27.3 Å². The van der Waals surface area contributed by atoms with Crippen LogP contribution in [0, 0.1) is 0 Å². The van der Waals surface area contributed by atoms with Crippen LogP contribution in [0.15, 0.2) is 48.7 Å². The molecule has 168 valence electrons. The molecule has 1 aromatic heterocycles. The molecule has 2 aromatic rings. The number of anilines is 1. The highest BCUT2D eigenvalue weighted by molar-refractivity contribution is 8.15. The van der Waals surface area contributed by atoms with Crippen LogP contribution in [0.4, 0.5) is 10.6 Å². The molecule has 1 saturated heterocycles. The van der Waals surface area contributed by atoms with E-state index in [4.69, 9.17) is 9.29 Å². The van der Waals surface area contributed by atoms with Crippen molar-refractivity contribution in [2.45, 2.75) is 18.6 Å². The molecule has 11 heteroatoms. The SMILES string of the molecule is CCS(=O)(=O)O.CN(CCOc1ccc(CC2SC(=O)NC2=O)cc1)c1ccccn1. The first kappa shape index (κ1) is 24.6. The van der Waals surface area contributed by atoms with Crippen molar-refractivity contribution in [3.05, 3.63) is 54.2 Å². The number of thioether (sulfide) groups is 1. The first-order valence-electron chi connectivity index (χ1n) is 9.48. The van der Waals surface area contributed by atoms with Gasteiger partial charge in [-0.05, 0) is 43.2 Å². The summed E-state index contributed by atoms with van der Waals surface area (Å²) in [4.78, 5) is 29.1. The lowest BCUT2D eigenvalue weighted by molar-refractivity contribution is -0.118. The first-order valence-corrected chi connectivity index (χ1v) is 12.0. The highest BCUT2D eigenvalue weighted by atomic mass is 32.2. The summed E-state index contributed by atoms with van der Waals surface area (Å²) in [6.45, 7) is 2.64. The van der Waals surface area contributed by atoms with Gasteiger partial charge < -0.3 is 9.64 Å². The van der Waals surface area contributed by atoms with Gasteiger partial charge in [-0.3, -0.25) is 19.5 Å². The molecule has 31 heavy (non-hydrogen) atoms. The van der Waals surface area contributed by atoms with E-state index in [2.05, 4.69) is 10.3 Å². The van der Waals surface area contributed by atoms with Crippen molar-refractivity contribution in [2.24, 2.45) is 0 Å². The highest BCUT2D eigenvalue weighted by Gasteiger charge is 2.31. The van der Waals surface area contributed by atoms with Gasteiger partial charge in [0.05, 0.1) is 17.5 Å². The number of carbonyl (C=O) groups excluding carboxylic acids is 2. The standard InChI is InChI=1S/C18H19N3O3S.C2H6O3S/c1-21(16-4-2-3-9-19-16)10-11-24-14-7-5-13(6-8-14)12-15-17(22)20-18(23)25-15;1-2-6(3,4)5/h2-9,15H,10-12H2,1H3,(H,20,22,23);2H2,1H3,(H,3,4,5). The van der Waals surface area contributed by atoms with Crippen molar-refractivity contribution in [1.82, 2.24) is 10.3 Å². The molecule has 3 rings (SSSR count). The van der Waals surface area contributed by atoms with E-state index in [9.17, 15) is 18.0 Å². The zero-order valence-electron chi connectivity index (χ0n) is 17.2. The van der Waals surface area contributed by atoms with Crippen LogP contribution in [0.5, 0.6) is 5.75 Å². The average Bonchev–Trinajstić information content (AvgIpc) is 3.06. The second kappa shape index (κ2) is 11.7. The van der Waals surface area contributed by atoms with E-state index in [-0.39, 0.29) is 22.1 Å². The van der Waals surface area contributed by atoms with Crippen LogP contribution in [0.1, 0.15) is 12.5 Å². The molecular weight excluding hydrogens is 442 g/mol. The van der Waals surface area contributed by atoms with Crippen molar-refractivity contribution in [3.8, 4) is 5.75 Å². The Hall–Kier alpha value is -2.63. The molecular formula is C20H25N3O6S2. The fourth-order valence-electron chi connectivity index (χ4n) is 2.46. The number of pyridine rings is 1. The Labute approximate surface area is 185 Å². The fourth-order valence-corrected chi connectivity index (χ4v) is 3.32. The molecule has 1 unspecified atom stereocenters. The molecule has 1 aliphatic heterocycles. The molecule has 0 aliphatic carbocycles. The number of amides is 2. The van der Waals surface area contributed by atoms with Crippen molar-refractivity contribution in [3.63, 3.8) is 0 Å². The van der Waals surface area contributed by atoms with E-state index in [0.717, 1.165) is 35.4 Å². The summed E-state index contributed by atoms with van der Waals surface area (Å²) in [6.07, 6.45) is 2.30. The molecule has 2 N–H and O–H groups in total. The van der Waals surface area contributed by atoms with Crippen LogP contribution >= 0.6 is 11.8 Å². The number of rotatable bonds is 8. The molecule has 2 amide bonds. The molecule has 9 nitrogen and oxygen atoms in total. The highest BCUT2D eigenvalue weighted by Crippen LogP contribution is 2.23. The number of carbonyl (C=O) groups is 2. The molecule has 0 saturated carbocycles. The van der Waals surface area contributed by atoms with Gasteiger partial charge in [0.25, 0.3) is 15.4 Å². The molecule has 1 aliphatic rings. The Morgan fingerprint density at radius 1 is 1.19 bits per heavy atom. The van der Waals surface area contributed by atoms with Crippen LogP contribution < -0.4 is 15.0 Å². The lowest BCUT2D eigenvalue weighted by atomic mass is 10.1. The first-order chi connectivity index (χ1) is 14.7. The van der Waals surface area contributed by atoms with Crippen LogP contribution in [-0.2, 0) is 21.3 Å². The number of ether oxygens (including phenoxy) is 1. The topological polar surface area (TPSA) is 126 Å². The van der Waals surface area contributed by atoms with Gasteiger partial charge in [0, 0.05) is 13.2 Å². The largest absolute Gasteiger partial charge is 0.492 e. The molecule has 0 bridgehead atoms. The van der Waals surface area contributed by atoms with Crippen LogP contribution in [-0.4, -0.2) is 60.3 Å². The Kier molecular flexibility index (Phi) is 9.28. The Morgan fingerprint density at radius 3 is 2.39 bits per heavy atom. The van der Waals surface area contributed by atoms with Crippen molar-refractivity contribution >= 4 is 38.8 Å². The average molecular weight is 468 g/mol. The van der Waals surface area contributed by atoms with Gasteiger partial charge in [-0.25, -0.2) is 4.98 Å². The Bertz CT molecular complexity index is 968. The van der Waals surface area contributed by atoms with E-state index < -0.39 is 10.1 Å². The minimum atomic E-state index is -3.66. The van der Waals surface area contributed by atoms with E-state index in [1.807, 2.05) is 54.4 Å². The van der Waals surface area contributed by atoms with Gasteiger partial charge in [-0.2, -0.15) is 8.42 Å². The number of likely N-dealkylation sites (N-methyl/N-ethyl adjacent to an activating group) is 1. The smallest absolute Gasteiger partial charge is 0.286 e. The minimum Gasteiger partial charge on any atom is -0.492 e. The van der Waals surface area contributed by atoms with Crippen LogP contribution in [0.25, 0.3) is 0 Å². The summed E-state index contributed by atoms with van der Waals surface area (Å²) in [5.41, 5.74) is 1.00. The lowest BCUT2D eigenvalue weighted by Gasteiger charge is -2.18. The van der Waals surface area contributed by atoms with E-state index in [0.29, 0.717) is 13.0 Å². The zero-order valence-corrected chi connectivity index (χ0v) is 18.9. The number of aromatic nitrogens is 1. The summed E-state index contributed by atoms with van der Waals surface area (Å²) >= 11 is 1.05. The maximum absolute atomic E-state index is 11.6. The predicted octanol–water partition coefficient (Wildman–Crippen LogP) is 2.38. The molecule has 0 spiro atoms. The quantitative estimate of drug-likeness (QED) is 0.563. The summed E-state index contributed by atoms with van der Waals surface area (Å²) < 4.78 is 32.7. The monoisotopic (exact) mass is 467 g/mol. The third kappa shape index (κ3) is 8.95. The van der Waals surface area contributed by atoms with Crippen LogP contribution in [0.2, 0.25) is 0 Å². The number of nitrogens with one attached hydrogen (secondary N) is 1. The zero-order chi connectivity index (χ0) is 22.9. The number of hydrogen-bond acceptors (Lipinski definition) is 8. The third-order valence-corrected chi connectivity index (χ3v) is 5.92. The lowest BCUT2D eigenvalue weighted by Crippen LogP contribution is -2.25. The van der Waals surface area contributed by atoms with E-state index >= 15 is 0 Å². The van der Waals surface area contributed by atoms with E-state index in [1.165, 1.54) is 6.92 Å². The fraction of sp³-hybridized carbons (Fsp3) is 0.350. The van der Waals surface area contributed by atoms with E-state index in [1.54, 1.807) is 6.20 Å². The van der Waals surface area contributed by atoms with Gasteiger partial charge in [0.1, 0.15) is 18.2 Å². The summed E-state index contributed by atoms with van der Waals surface area (Å²) in [7, 11) is -1.69. The van der Waals surface area contributed by atoms with Gasteiger partial charge >= 0.3 is 0 Å². The van der Waals surface area contributed by atoms with Gasteiger partial charge in [-0.1, -0.05) is 30.0 Å². The van der Waals surface area contributed by atoms with Gasteiger partial charge in [0.15, 0.2) is 0 Å². The second-order valence-corrected chi connectivity index (χ2v) is 9.48. The number of benzene rings is 1. The van der Waals surface area contributed by atoms with Crippen LogP contribution in [0.3, 0.4) is 0 Å². The summed E-state index contributed by atoms with van der Waals surface area (Å²) in [5, 5.41) is 1.69. The second-order valence-electron chi connectivity index (χ2n) is 6.56. The minimum absolute atomic E-state index is 0.201. The predicted molar refractivity (Wildman–Crippen MR) is 120 cm³/mol. The van der Waals surface area contributed by atoms with Gasteiger partial charge in [0.2, 0.25) is 5.91 Å². The number of nitrogens with zero attached hydrogens (tertiary/aromatic N) is 2. The Balaban J connectivity index is 0.000000501. The summed E-state index contributed by atoms with van der Waals surface area (Å²) in [6, 6.07) is 13.4. The van der Waals surface area contributed by atoms with Crippen molar-refractivity contribution in [1.29, 1.82) is 0 Å². The number of hydrogen-bond donors (Lipinski definition) is 2. The summed E-state index contributed by atoms with van der Waals surface area (Å²) in [5.74, 6) is 1.27. The Morgan fingerprint density at radius 2 is 1.87 bits per heavy atom.